The van der Waals surface area contributed by atoms with Crippen LogP contribution < -0.4 is 4.74 Å². The van der Waals surface area contributed by atoms with Crippen LogP contribution in [0.5, 0.6) is 5.75 Å². The van der Waals surface area contributed by atoms with Gasteiger partial charge in [-0.25, -0.2) is 13.4 Å². The fraction of sp³-hybridized carbons (Fsp3) is 0.286. The molecule has 2 aromatic heterocycles. The SMILES string of the molecule is COc1ccc(CN(C)S(=O)(=O)c2ccc(Cc3cc(C(F)(F)F)ccn3)c(-c3cn(C(C)C)cn3)c2)cc1. The molecule has 0 aliphatic rings. The third kappa shape index (κ3) is 6.48. The highest BCUT2D eigenvalue weighted by Gasteiger charge is 2.31. The second-order valence-electron chi connectivity index (χ2n) is 9.44. The monoisotopic (exact) mass is 558 g/mol. The Morgan fingerprint density at radius 1 is 1.03 bits per heavy atom. The number of imidazole rings is 1. The van der Waals surface area contributed by atoms with Crippen molar-refractivity contribution in [1.82, 2.24) is 18.8 Å². The van der Waals surface area contributed by atoms with Gasteiger partial charge in [-0.2, -0.15) is 17.5 Å². The zero-order chi connectivity index (χ0) is 28.4. The van der Waals surface area contributed by atoms with Gasteiger partial charge in [0.15, 0.2) is 0 Å². The minimum Gasteiger partial charge on any atom is -0.497 e. The van der Waals surface area contributed by atoms with E-state index in [-0.39, 0.29) is 29.6 Å². The van der Waals surface area contributed by atoms with Crippen molar-refractivity contribution in [1.29, 1.82) is 0 Å². The first-order valence-corrected chi connectivity index (χ1v) is 13.6. The smallest absolute Gasteiger partial charge is 0.416 e. The van der Waals surface area contributed by atoms with E-state index in [1.807, 2.05) is 18.4 Å². The van der Waals surface area contributed by atoms with Crippen LogP contribution in [0.4, 0.5) is 13.2 Å². The second kappa shape index (κ2) is 11.2. The van der Waals surface area contributed by atoms with Gasteiger partial charge in [-0.15, -0.1) is 0 Å². The van der Waals surface area contributed by atoms with Crippen molar-refractivity contribution in [2.45, 2.75) is 43.9 Å². The molecule has 0 atom stereocenters. The molecule has 0 N–H and O–H groups in total. The van der Waals surface area contributed by atoms with Crippen molar-refractivity contribution >= 4 is 10.0 Å². The lowest BCUT2D eigenvalue weighted by Crippen LogP contribution is -2.26. The van der Waals surface area contributed by atoms with Crippen molar-refractivity contribution in [2.24, 2.45) is 0 Å². The van der Waals surface area contributed by atoms with Crippen molar-refractivity contribution in [3.05, 3.63) is 95.7 Å². The van der Waals surface area contributed by atoms with E-state index in [1.54, 1.807) is 50.0 Å². The van der Waals surface area contributed by atoms with Gasteiger partial charge in [-0.3, -0.25) is 4.98 Å². The van der Waals surface area contributed by atoms with E-state index in [0.29, 0.717) is 22.6 Å². The molecule has 2 aromatic carbocycles. The average molecular weight is 559 g/mol. The lowest BCUT2D eigenvalue weighted by Gasteiger charge is -2.19. The van der Waals surface area contributed by atoms with Crippen LogP contribution in [-0.4, -0.2) is 41.4 Å². The summed E-state index contributed by atoms with van der Waals surface area (Å²) in [6, 6.07) is 13.7. The van der Waals surface area contributed by atoms with Crippen LogP contribution >= 0.6 is 0 Å². The van der Waals surface area contributed by atoms with E-state index in [1.165, 1.54) is 23.5 Å². The third-order valence-corrected chi connectivity index (χ3v) is 8.14. The number of benzene rings is 2. The number of methoxy groups -OCH3 is 1. The fourth-order valence-electron chi connectivity index (χ4n) is 4.07. The zero-order valence-electron chi connectivity index (χ0n) is 22.0. The largest absolute Gasteiger partial charge is 0.497 e. The van der Waals surface area contributed by atoms with Crippen molar-refractivity contribution in [2.75, 3.05) is 14.2 Å². The molecule has 0 aliphatic carbocycles. The van der Waals surface area contributed by atoms with Crippen LogP contribution in [0.2, 0.25) is 0 Å². The highest BCUT2D eigenvalue weighted by Crippen LogP contribution is 2.32. The molecule has 11 heteroatoms. The minimum atomic E-state index is -4.50. The molecular weight excluding hydrogens is 529 g/mol. The van der Waals surface area contributed by atoms with Crippen LogP contribution in [0.25, 0.3) is 11.3 Å². The van der Waals surface area contributed by atoms with E-state index >= 15 is 0 Å². The molecule has 206 valence electrons. The van der Waals surface area contributed by atoms with Crippen LogP contribution in [-0.2, 0) is 29.2 Å². The fourth-order valence-corrected chi connectivity index (χ4v) is 5.25. The number of halogens is 3. The van der Waals surface area contributed by atoms with Gasteiger partial charge in [0.25, 0.3) is 0 Å². The molecule has 0 unspecified atom stereocenters. The molecule has 7 nitrogen and oxygen atoms in total. The molecule has 4 rings (SSSR count). The van der Waals surface area contributed by atoms with Crippen molar-refractivity contribution in [3.8, 4) is 17.0 Å². The van der Waals surface area contributed by atoms with Crippen LogP contribution in [0, 0.1) is 0 Å². The summed E-state index contributed by atoms with van der Waals surface area (Å²) in [5.41, 5.74) is 1.82. The standard InChI is InChI=1S/C28H29F3N4O3S/c1-19(2)35-17-27(33-18-35)26-15-25(39(36,37)34(3)16-20-5-8-24(38-4)9-6-20)10-7-21(26)13-23-14-22(11-12-32-23)28(29,30)31/h5-12,14-15,17-19H,13,16H2,1-4H3. The number of ether oxygens (including phenoxy) is 1. The maximum absolute atomic E-state index is 13.5. The first-order chi connectivity index (χ1) is 18.4. The zero-order valence-corrected chi connectivity index (χ0v) is 22.8. The van der Waals surface area contributed by atoms with Gasteiger partial charge in [-0.05, 0) is 61.4 Å². The topological polar surface area (TPSA) is 77.3 Å². The second-order valence-corrected chi connectivity index (χ2v) is 11.5. The van der Waals surface area contributed by atoms with Crippen LogP contribution in [0.3, 0.4) is 0 Å². The van der Waals surface area contributed by atoms with E-state index < -0.39 is 21.8 Å². The molecule has 0 spiro atoms. The van der Waals surface area contributed by atoms with Crippen molar-refractivity contribution in [3.63, 3.8) is 0 Å². The van der Waals surface area contributed by atoms with Gasteiger partial charge in [0.2, 0.25) is 10.0 Å². The summed E-state index contributed by atoms with van der Waals surface area (Å²) in [6.07, 6.45) is 0.126. The Labute approximate surface area is 226 Å². The Morgan fingerprint density at radius 3 is 2.36 bits per heavy atom. The first-order valence-electron chi connectivity index (χ1n) is 12.2. The predicted molar refractivity (Wildman–Crippen MR) is 142 cm³/mol. The van der Waals surface area contributed by atoms with Gasteiger partial charge in [0, 0.05) is 49.7 Å². The van der Waals surface area contributed by atoms with Gasteiger partial charge in [-0.1, -0.05) is 18.2 Å². The van der Waals surface area contributed by atoms with E-state index in [2.05, 4.69) is 9.97 Å². The number of hydrogen-bond donors (Lipinski definition) is 0. The summed E-state index contributed by atoms with van der Waals surface area (Å²) in [5.74, 6) is 0.667. The number of alkyl halides is 3. The molecule has 2 heterocycles. The normalized spacial score (nSPS) is 12.3. The van der Waals surface area contributed by atoms with Gasteiger partial charge in [0.1, 0.15) is 5.75 Å². The van der Waals surface area contributed by atoms with E-state index in [0.717, 1.165) is 23.9 Å². The van der Waals surface area contributed by atoms with Crippen LogP contribution in [0.15, 0.2) is 78.2 Å². The molecule has 0 fully saturated rings. The average Bonchev–Trinajstić information content (AvgIpc) is 3.39. The summed E-state index contributed by atoms with van der Waals surface area (Å²) < 4.78 is 75.1. The van der Waals surface area contributed by atoms with E-state index in [9.17, 15) is 21.6 Å². The molecule has 39 heavy (non-hydrogen) atoms. The molecule has 4 aromatic rings. The summed E-state index contributed by atoms with van der Waals surface area (Å²) >= 11 is 0. The molecule has 0 aliphatic heterocycles. The van der Waals surface area contributed by atoms with Crippen LogP contribution in [0.1, 0.15) is 42.3 Å². The minimum absolute atomic E-state index is 0.0494. The number of hydrogen-bond acceptors (Lipinski definition) is 5. The highest BCUT2D eigenvalue weighted by atomic mass is 32.2. The Balaban J connectivity index is 1.71. The third-order valence-electron chi connectivity index (χ3n) is 6.34. The summed E-state index contributed by atoms with van der Waals surface area (Å²) in [6.45, 7) is 4.10. The number of nitrogens with zero attached hydrogens (tertiary/aromatic N) is 4. The molecule has 0 amide bonds. The number of sulfonamides is 1. The number of pyridine rings is 1. The highest BCUT2D eigenvalue weighted by molar-refractivity contribution is 7.89. The maximum Gasteiger partial charge on any atom is 0.416 e. The molecular formula is C28H29F3N4O3S. The Hall–Kier alpha value is -3.70. The Bertz CT molecular complexity index is 1550. The maximum atomic E-state index is 13.5. The number of rotatable bonds is 9. The molecule has 0 saturated heterocycles. The first kappa shape index (κ1) is 28.3. The summed E-state index contributed by atoms with van der Waals surface area (Å²) in [7, 11) is -0.857. The lowest BCUT2D eigenvalue weighted by molar-refractivity contribution is -0.137. The quantitative estimate of drug-likeness (QED) is 0.253. The van der Waals surface area contributed by atoms with Gasteiger partial charge < -0.3 is 9.30 Å². The van der Waals surface area contributed by atoms with E-state index in [4.69, 9.17) is 4.74 Å². The van der Waals surface area contributed by atoms with Gasteiger partial charge >= 0.3 is 6.18 Å². The molecule has 0 radical (unpaired) electrons. The molecule has 0 saturated carbocycles. The predicted octanol–water partition coefficient (Wildman–Crippen LogP) is 5.96. The molecule has 0 bridgehead atoms. The summed E-state index contributed by atoms with van der Waals surface area (Å²) in [4.78, 5) is 8.62. The number of aromatic nitrogens is 3. The Morgan fingerprint density at radius 2 is 1.74 bits per heavy atom. The van der Waals surface area contributed by atoms with Crippen molar-refractivity contribution < 1.29 is 26.3 Å². The Kier molecular flexibility index (Phi) is 8.12. The van der Waals surface area contributed by atoms with Gasteiger partial charge in [0.05, 0.1) is 29.6 Å². The summed E-state index contributed by atoms with van der Waals surface area (Å²) in [5, 5.41) is 0. The lowest BCUT2D eigenvalue weighted by atomic mass is 10.00.